The molecule has 12 heavy (non-hydrogen) atoms. The van der Waals surface area contributed by atoms with Crippen molar-refractivity contribution in [1.29, 1.82) is 0 Å². The van der Waals surface area contributed by atoms with Crippen molar-refractivity contribution in [2.75, 3.05) is 0 Å². The molecule has 0 radical (unpaired) electrons. The highest BCUT2D eigenvalue weighted by Gasteiger charge is 1.96. The molecule has 0 fully saturated rings. The third kappa shape index (κ3) is 1.89. The lowest BCUT2D eigenvalue weighted by molar-refractivity contribution is -0.103. The first-order valence-electron chi connectivity index (χ1n) is 3.31. The number of hydrogen-bond donors (Lipinski definition) is 0. The molecular formula is C9H6FNO. The van der Waals surface area contributed by atoms with Gasteiger partial charge in [-0.05, 0) is 30.4 Å². The normalized spacial score (nSPS) is 8.50. The lowest BCUT2D eigenvalue weighted by Gasteiger charge is -1.94. The number of carbonyl (C=O) groups excluding carboxylic acids is 1. The smallest absolute Gasteiger partial charge is 0.193 e. The van der Waals surface area contributed by atoms with Crippen LogP contribution < -0.4 is 0 Å². The Bertz CT molecular complexity index is 363. The van der Waals surface area contributed by atoms with Crippen molar-refractivity contribution in [1.82, 2.24) is 4.98 Å². The van der Waals surface area contributed by atoms with Crippen LogP contribution >= 0.6 is 0 Å². The molecule has 0 atom stereocenters. The summed E-state index contributed by atoms with van der Waals surface area (Å²) in [5, 5.41) is 0. The largest absolute Gasteiger partial charge is 0.289 e. The van der Waals surface area contributed by atoms with Crippen LogP contribution in [0.3, 0.4) is 0 Å². The summed E-state index contributed by atoms with van der Waals surface area (Å²) >= 11 is 0. The maximum Gasteiger partial charge on any atom is 0.193 e. The average Bonchev–Trinajstić information content (AvgIpc) is 2.03. The second-order valence-electron chi connectivity index (χ2n) is 2.21. The van der Waals surface area contributed by atoms with Crippen LogP contribution in [0.1, 0.15) is 11.3 Å². The Balaban J connectivity index is 3.09. The predicted octanol–water partition coefficient (Wildman–Crippen LogP) is 1.08. The van der Waals surface area contributed by atoms with E-state index in [1.165, 1.54) is 6.07 Å². The monoisotopic (exact) mass is 163 g/mol. The molecule has 0 amide bonds. The molecule has 1 aromatic rings. The molecule has 0 unspecified atom stereocenters. The molecule has 1 aromatic heterocycles. The van der Waals surface area contributed by atoms with E-state index in [1.54, 1.807) is 6.92 Å². The minimum atomic E-state index is -0.399. The predicted molar refractivity (Wildman–Crippen MR) is 41.9 cm³/mol. The molecule has 1 rings (SSSR count). The molecular weight excluding hydrogens is 157 g/mol. The highest BCUT2D eigenvalue weighted by atomic mass is 19.1. The molecule has 0 aromatic carbocycles. The number of aromatic nitrogens is 1. The van der Waals surface area contributed by atoms with E-state index in [0.29, 0.717) is 17.5 Å². The van der Waals surface area contributed by atoms with E-state index in [9.17, 15) is 9.18 Å². The van der Waals surface area contributed by atoms with Crippen molar-refractivity contribution in [3.05, 3.63) is 29.3 Å². The maximum absolute atomic E-state index is 12.5. The van der Waals surface area contributed by atoms with E-state index in [0.717, 1.165) is 6.20 Å². The van der Waals surface area contributed by atoms with Gasteiger partial charge in [-0.3, -0.25) is 4.79 Å². The Hall–Kier alpha value is -1.69. The summed E-state index contributed by atoms with van der Waals surface area (Å²) in [5.74, 6) is 4.30. The standard InChI is InChI=1S/C9H6FNO/c1-7-5-8(10)6-11-9(7)3-2-4-12/h4-6H,1H3. The van der Waals surface area contributed by atoms with Gasteiger partial charge in [0.25, 0.3) is 0 Å². The van der Waals surface area contributed by atoms with E-state index in [4.69, 9.17) is 0 Å². The molecule has 60 valence electrons. The molecule has 0 aliphatic rings. The molecule has 2 nitrogen and oxygen atoms in total. The first-order chi connectivity index (χ1) is 5.74. The Kier molecular flexibility index (Phi) is 2.54. The zero-order valence-corrected chi connectivity index (χ0v) is 6.47. The Morgan fingerprint density at radius 3 is 3.00 bits per heavy atom. The molecule has 0 aliphatic carbocycles. The van der Waals surface area contributed by atoms with Crippen molar-refractivity contribution in [2.45, 2.75) is 6.92 Å². The van der Waals surface area contributed by atoms with Gasteiger partial charge in [0.2, 0.25) is 0 Å². The fraction of sp³-hybridized carbons (Fsp3) is 0.111. The molecule has 0 saturated carbocycles. The van der Waals surface area contributed by atoms with Crippen molar-refractivity contribution in [3.63, 3.8) is 0 Å². The first kappa shape index (κ1) is 8.41. The van der Waals surface area contributed by atoms with Gasteiger partial charge in [-0.15, -0.1) is 0 Å². The van der Waals surface area contributed by atoms with Gasteiger partial charge in [0.1, 0.15) is 11.5 Å². The molecule has 0 bridgehead atoms. The zero-order chi connectivity index (χ0) is 8.97. The van der Waals surface area contributed by atoms with E-state index in [1.807, 2.05) is 0 Å². The van der Waals surface area contributed by atoms with Crippen LogP contribution in [0.25, 0.3) is 0 Å². The maximum atomic E-state index is 12.5. The summed E-state index contributed by atoms with van der Waals surface area (Å²) in [6.45, 7) is 1.69. The Labute approximate surface area is 69.4 Å². The van der Waals surface area contributed by atoms with Gasteiger partial charge in [0, 0.05) is 0 Å². The van der Waals surface area contributed by atoms with Gasteiger partial charge in [-0.2, -0.15) is 0 Å². The third-order valence-corrected chi connectivity index (χ3v) is 1.29. The fourth-order valence-corrected chi connectivity index (χ4v) is 0.769. The number of halogens is 1. The van der Waals surface area contributed by atoms with E-state index < -0.39 is 5.82 Å². The number of aryl methyl sites for hydroxylation is 1. The topological polar surface area (TPSA) is 30.0 Å². The minimum absolute atomic E-state index is 0.399. The lowest BCUT2D eigenvalue weighted by atomic mass is 10.2. The Morgan fingerprint density at radius 2 is 2.42 bits per heavy atom. The van der Waals surface area contributed by atoms with E-state index >= 15 is 0 Å². The summed E-state index contributed by atoms with van der Waals surface area (Å²) in [5.41, 5.74) is 1.06. The third-order valence-electron chi connectivity index (χ3n) is 1.29. The van der Waals surface area contributed by atoms with Crippen molar-refractivity contribution in [3.8, 4) is 11.8 Å². The van der Waals surface area contributed by atoms with Crippen molar-refractivity contribution < 1.29 is 9.18 Å². The van der Waals surface area contributed by atoms with Crippen LogP contribution in [0.15, 0.2) is 12.3 Å². The van der Waals surface area contributed by atoms with Gasteiger partial charge < -0.3 is 0 Å². The summed E-state index contributed by atoms with van der Waals surface area (Å²) < 4.78 is 12.5. The Morgan fingerprint density at radius 1 is 1.67 bits per heavy atom. The zero-order valence-electron chi connectivity index (χ0n) is 6.47. The summed E-state index contributed by atoms with van der Waals surface area (Å²) in [6.07, 6.45) is 1.55. The van der Waals surface area contributed by atoms with Gasteiger partial charge in [-0.25, -0.2) is 9.37 Å². The lowest BCUT2D eigenvalue weighted by Crippen LogP contribution is -1.89. The quantitative estimate of drug-likeness (QED) is 0.423. The second kappa shape index (κ2) is 3.63. The van der Waals surface area contributed by atoms with E-state index in [-0.39, 0.29) is 0 Å². The molecule has 0 aliphatic heterocycles. The highest BCUT2D eigenvalue weighted by Crippen LogP contribution is 2.04. The van der Waals surface area contributed by atoms with Crippen LogP contribution in [0.4, 0.5) is 4.39 Å². The van der Waals surface area contributed by atoms with Crippen molar-refractivity contribution in [2.24, 2.45) is 0 Å². The van der Waals surface area contributed by atoms with Crippen LogP contribution in [0.5, 0.6) is 0 Å². The molecule has 1 heterocycles. The van der Waals surface area contributed by atoms with Crippen LogP contribution in [0.2, 0.25) is 0 Å². The van der Waals surface area contributed by atoms with Crippen LogP contribution in [-0.4, -0.2) is 11.3 Å². The summed E-state index contributed by atoms with van der Waals surface area (Å²) in [7, 11) is 0. The number of rotatable bonds is 0. The number of aldehydes is 1. The van der Waals surface area contributed by atoms with Crippen LogP contribution in [0, 0.1) is 24.6 Å². The van der Waals surface area contributed by atoms with Crippen LogP contribution in [-0.2, 0) is 4.79 Å². The molecule has 3 heteroatoms. The molecule has 0 N–H and O–H groups in total. The van der Waals surface area contributed by atoms with Gasteiger partial charge >= 0.3 is 0 Å². The highest BCUT2D eigenvalue weighted by molar-refractivity contribution is 5.73. The van der Waals surface area contributed by atoms with Gasteiger partial charge in [0.05, 0.1) is 6.20 Å². The minimum Gasteiger partial charge on any atom is -0.289 e. The summed E-state index contributed by atoms with van der Waals surface area (Å²) in [4.78, 5) is 13.6. The number of carbonyl (C=O) groups is 1. The van der Waals surface area contributed by atoms with Gasteiger partial charge in [-0.1, -0.05) is 0 Å². The van der Waals surface area contributed by atoms with Crippen molar-refractivity contribution >= 4 is 6.29 Å². The summed E-state index contributed by atoms with van der Waals surface area (Å²) in [6, 6.07) is 1.32. The number of pyridine rings is 1. The number of nitrogens with zero attached hydrogens (tertiary/aromatic N) is 1. The number of hydrogen-bond acceptors (Lipinski definition) is 2. The van der Waals surface area contributed by atoms with E-state index in [2.05, 4.69) is 16.8 Å². The fourth-order valence-electron chi connectivity index (χ4n) is 0.769. The SMILES string of the molecule is Cc1cc(F)cnc1C#CC=O. The second-order valence-corrected chi connectivity index (χ2v) is 2.21. The first-order valence-corrected chi connectivity index (χ1v) is 3.31. The van der Waals surface area contributed by atoms with Gasteiger partial charge in [0.15, 0.2) is 6.29 Å². The average molecular weight is 163 g/mol. The molecule has 0 saturated heterocycles. The molecule has 0 spiro atoms.